The zero-order valence-corrected chi connectivity index (χ0v) is 19.9. The lowest BCUT2D eigenvalue weighted by Gasteiger charge is -2.37. The number of esters is 1. The summed E-state index contributed by atoms with van der Waals surface area (Å²) in [5, 5.41) is 15.1. The van der Waals surface area contributed by atoms with E-state index in [2.05, 4.69) is 5.32 Å². The monoisotopic (exact) mass is 510 g/mol. The van der Waals surface area contributed by atoms with Crippen LogP contribution in [0.3, 0.4) is 0 Å². The predicted molar refractivity (Wildman–Crippen MR) is 129 cm³/mol. The summed E-state index contributed by atoms with van der Waals surface area (Å²) in [6.07, 6.45) is 0. The topological polar surface area (TPSA) is 105 Å². The Morgan fingerprint density at radius 2 is 1.85 bits per heavy atom. The first-order valence-corrected chi connectivity index (χ1v) is 11.1. The molecular formula is C21H20Cl2N4O5S. The molecule has 0 unspecified atom stereocenters. The maximum absolute atomic E-state index is 12.5. The number of piperazine rings is 1. The lowest BCUT2D eigenvalue weighted by atomic mass is 10.1. The Balaban J connectivity index is 1.65. The molecule has 1 heterocycles. The average Bonchev–Trinajstić information content (AvgIpc) is 2.78. The molecule has 1 saturated heterocycles. The highest BCUT2D eigenvalue weighted by atomic mass is 35.5. The number of carbonyl (C=O) groups is 2. The van der Waals surface area contributed by atoms with Crippen molar-refractivity contribution in [1.82, 2.24) is 10.2 Å². The van der Waals surface area contributed by atoms with E-state index in [0.29, 0.717) is 36.9 Å². The lowest BCUT2D eigenvalue weighted by Crippen LogP contribution is -2.52. The maximum atomic E-state index is 12.5. The molecule has 2 aromatic carbocycles. The van der Waals surface area contributed by atoms with Gasteiger partial charge < -0.3 is 14.5 Å². The number of benzene rings is 2. The van der Waals surface area contributed by atoms with E-state index in [9.17, 15) is 19.7 Å². The molecular weight excluding hydrogens is 491 g/mol. The number of nitro groups is 1. The van der Waals surface area contributed by atoms with Crippen LogP contribution < -0.4 is 10.2 Å². The van der Waals surface area contributed by atoms with Gasteiger partial charge in [-0.05, 0) is 49.5 Å². The van der Waals surface area contributed by atoms with Gasteiger partial charge in [0.25, 0.3) is 11.6 Å². The molecule has 0 aromatic heterocycles. The van der Waals surface area contributed by atoms with E-state index in [-0.39, 0.29) is 33.6 Å². The summed E-state index contributed by atoms with van der Waals surface area (Å²) in [5.41, 5.74) is 0.591. The van der Waals surface area contributed by atoms with Gasteiger partial charge in [-0.2, -0.15) is 0 Å². The molecule has 0 atom stereocenters. The second-order valence-electron chi connectivity index (χ2n) is 7.04. The zero-order valence-electron chi connectivity index (χ0n) is 17.5. The third-order valence-electron chi connectivity index (χ3n) is 4.99. The molecule has 0 bridgehead atoms. The Morgan fingerprint density at radius 3 is 2.45 bits per heavy atom. The molecule has 0 saturated carbocycles. The molecule has 1 fully saturated rings. The van der Waals surface area contributed by atoms with E-state index in [1.807, 2.05) is 4.90 Å². The number of amides is 1. The number of rotatable bonds is 5. The van der Waals surface area contributed by atoms with Gasteiger partial charge in [0, 0.05) is 37.3 Å². The van der Waals surface area contributed by atoms with Gasteiger partial charge >= 0.3 is 5.97 Å². The van der Waals surface area contributed by atoms with Crippen LogP contribution in [0.5, 0.6) is 0 Å². The minimum atomic E-state index is -0.612. The first kappa shape index (κ1) is 24.7. The van der Waals surface area contributed by atoms with Gasteiger partial charge in [-0.1, -0.05) is 23.2 Å². The van der Waals surface area contributed by atoms with Gasteiger partial charge in [-0.25, -0.2) is 4.79 Å². The summed E-state index contributed by atoms with van der Waals surface area (Å²) in [4.78, 5) is 39.1. The number of hydrogen-bond acceptors (Lipinski definition) is 7. The number of carbonyl (C=O) groups excluding carboxylic acids is 2. The second-order valence-corrected chi connectivity index (χ2v) is 8.27. The van der Waals surface area contributed by atoms with Crippen molar-refractivity contribution < 1.29 is 19.2 Å². The van der Waals surface area contributed by atoms with E-state index in [1.165, 1.54) is 24.3 Å². The fourth-order valence-corrected chi connectivity index (χ4v) is 4.12. The predicted octanol–water partition coefficient (Wildman–Crippen LogP) is 3.92. The number of thiocarbonyl (C=S) groups is 1. The Hall–Kier alpha value is -2.95. The van der Waals surface area contributed by atoms with Crippen molar-refractivity contribution in [2.24, 2.45) is 0 Å². The Labute approximate surface area is 205 Å². The van der Waals surface area contributed by atoms with Crippen LogP contribution in [0, 0.1) is 10.1 Å². The molecule has 174 valence electrons. The van der Waals surface area contributed by atoms with Crippen molar-refractivity contribution in [1.29, 1.82) is 0 Å². The van der Waals surface area contributed by atoms with Crippen LogP contribution in [-0.2, 0) is 4.74 Å². The normalized spacial score (nSPS) is 13.4. The molecule has 0 radical (unpaired) electrons. The zero-order chi connectivity index (χ0) is 24.1. The molecule has 1 aliphatic rings. The molecule has 12 heteroatoms. The van der Waals surface area contributed by atoms with E-state index in [0.717, 1.165) is 0 Å². The maximum Gasteiger partial charge on any atom is 0.338 e. The summed E-state index contributed by atoms with van der Waals surface area (Å²) in [7, 11) is 0. The number of halogens is 2. The smallest absolute Gasteiger partial charge is 0.338 e. The van der Waals surface area contributed by atoms with Gasteiger partial charge in [0.2, 0.25) is 0 Å². The van der Waals surface area contributed by atoms with E-state index < -0.39 is 16.8 Å². The summed E-state index contributed by atoms with van der Waals surface area (Å²) in [6.45, 7) is 3.57. The minimum absolute atomic E-state index is 0.121. The fourth-order valence-electron chi connectivity index (χ4n) is 3.35. The van der Waals surface area contributed by atoms with Crippen molar-refractivity contribution >= 4 is 63.8 Å². The van der Waals surface area contributed by atoms with Crippen LogP contribution in [0.1, 0.15) is 27.6 Å². The largest absolute Gasteiger partial charge is 0.462 e. The van der Waals surface area contributed by atoms with Gasteiger partial charge in [-0.15, -0.1) is 0 Å². The third-order valence-corrected chi connectivity index (χ3v) is 5.90. The fraction of sp³-hybridized carbons (Fsp3) is 0.286. The molecule has 1 aliphatic heterocycles. The van der Waals surface area contributed by atoms with E-state index >= 15 is 0 Å². The number of anilines is 1. The first-order chi connectivity index (χ1) is 15.7. The van der Waals surface area contributed by atoms with Crippen LogP contribution in [0.25, 0.3) is 0 Å². The minimum Gasteiger partial charge on any atom is -0.462 e. The summed E-state index contributed by atoms with van der Waals surface area (Å²) >= 11 is 17.3. The van der Waals surface area contributed by atoms with Crippen molar-refractivity contribution in [3.63, 3.8) is 0 Å². The van der Waals surface area contributed by atoms with Crippen molar-refractivity contribution in [3.8, 4) is 0 Å². The standard InChI is InChI=1S/C21H20Cl2N4O5S/c1-2-32-20(29)13-3-6-17(18(11-13)27(30)31)25-7-9-26(10-8-25)21(33)24-19(28)15-5-4-14(22)12-16(15)23/h3-6,11-12H,2,7-10H2,1H3,(H,24,28,33). The van der Waals surface area contributed by atoms with Crippen LogP contribution in [0.2, 0.25) is 10.0 Å². The van der Waals surface area contributed by atoms with Crippen LogP contribution in [0.4, 0.5) is 11.4 Å². The van der Waals surface area contributed by atoms with Crippen molar-refractivity contribution in [3.05, 3.63) is 67.7 Å². The highest BCUT2D eigenvalue weighted by molar-refractivity contribution is 7.80. The molecule has 9 nitrogen and oxygen atoms in total. The van der Waals surface area contributed by atoms with Gasteiger partial charge in [-0.3, -0.25) is 20.2 Å². The summed E-state index contributed by atoms with van der Waals surface area (Å²) < 4.78 is 4.92. The highest BCUT2D eigenvalue weighted by Crippen LogP contribution is 2.30. The van der Waals surface area contributed by atoms with Gasteiger partial charge in [0.15, 0.2) is 5.11 Å². The molecule has 33 heavy (non-hydrogen) atoms. The molecule has 0 aliphatic carbocycles. The quantitative estimate of drug-likeness (QED) is 0.279. The second kappa shape index (κ2) is 10.8. The van der Waals surface area contributed by atoms with Crippen LogP contribution >= 0.6 is 35.4 Å². The molecule has 1 N–H and O–H groups in total. The molecule has 2 aromatic rings. The van der Waals surface area contributed by atoms with Crippen molar-refractivity contribution in [2.45, 2.75) is 6.92 Å². The van der Waals surface area contributed by atoms with Crippen LogP contribution in [-0.4, -0.2) is 59.6 Å². The average molecular weight is 511 g/mol. The molecule has 0 spiro atoms. The van der Waals surface area contributed by atoms with Crippen molar-refractivity contribution in [2.75, 3.05) is 37.7 Å². The Morgan fingerprint density at radius 1 is 1.15 bits per heavy atom. The number of ether oxygens (including phenoxy) is 1. The summed E-state index contributed by atoms with van der Waals surface area (Å²) in [6, 6.07) is 8.82. The Bertz CT molecular complexity index is 1110. The summed E-state index contributed by atoms with van der Waals surface area (Å²) in [5.74, 6) is -1.06. The number of nitrogens with zero attached hydrogens (tertiary/aromatic N) is 3. The Kier molecular flexibility index (Phi) is 8.06. The van der Waals surface area contributed by atoms with Crippen LogP contribution in [0.15, 0.2) is 36.4 Å². The van der Waals surface area contributed by atoms with Gasteiger partial charge in [0.1, 0.15) is 5.69 Å². The van der Waals surface area contributed by atoms with E-state index in [4.69, 9.17) is 40.2 Å². The highest BCUT2D eigenvalue weighted by Gasteiger charge is 2.27. The molecule has 3 rings (SSSR count). The third kappa shape index (κ3) is 5.89. The van der Waals surface area contributed by atoms with Gasteiger partial charge in [0.05, 0.1) is 27.7 Å². The lowest BCUT2D eigenvalue weighted by molar-refractivity contribution is -0.384. The number of hydrogen-bond donors (Lipinski definition) is 1. The first-order valence-electron chi connectivity index (χ1n) is 9.97. The number of nitro benzene ring substituents is 1. The number of nitrogens with one attached hydrogen (secondary N) is 1. The molecule has 1 amide bonds. The SMILES string of the molecule is CCOC(=O)c1ccc(N2CCN(C(=S)NC(=O)c3ccc(Cl)cc3Cl)CC2)c([N+](=O)[O-])c1. The van der Waals surface area contributed by atoms with E-state index in [1.54, 1.807) is 24.0 Å².